The summed E-state index contributed by atoms with van der Waals surface area (Å²) in [6, 6.07) is 14.2. The predicted octanol–water partition coefficient (Wildman–Crippen LogP) is 2.05. The number of hydrazine groups is 2. The van der Waals surface area contributed by atoms with Crippen molar-refractivity contribution >= 4 is 28.7 Å². The summed E-state index contributed by atoms with van der Waals surface area (Å²) in [6.45, 7) is 1.44. The van der Waals surface area contributed by atoms with E-state index in [1.807, 2.05) is 12.1 Å². The number of nitrogens with one attached hydrogen (secondary N) is 2. The summed E-state index contributed by atoms with van der Waals surface area (Å²) < 4.78 is 0. The largest absolute Gasteiger partial charge is 0.399 e. The first-order valence-electron chi connectivity index (χ1n) is 6.10. The number of nitrogens with zero attached hydrogens (tertiary/aromatic N) is 1. The molecule has 6 nitrogen and oxygen atoms in total. The fourth-order valence-electron chi connectivity index (χ4n) is 1.66. The lowest BCUT2D eigenvalue weighted by atomic mass is 10.3. The Labute approximate surface area is 117 Å². The molecule has 0 aromatic heterocycles. The summed E-state index contributed by atoms with van der Waals surface area (Å²) >= 11 is 0. The third-order valence-electron chi connectivity index (χ3n) is 2.57. The standard InChI is InChI=1S/C14H17N5O/c1-10(20)19(17-13-6-2-4-11(15)8-13)18-14-7-3-5-12(16)9-14/h2-9,17-18H,15-16H2,1H3. The van der Waals surface area contributed by atoms with E-state index in [2.05, 4.69) is 10.9 Å². The van der Waals surface area contributed by atoms with Gasteiger partial charge in [0.2, 0.25) is 0 Å². The lowest BCUT2D eigenvalue weighted by molar-refractivity contribution is -0.126. The molecular formula is C14H17N5O. The van der Waals surface area contributed by atoms with Crippen molar-refractivity contribution in [2.75, 3.05) is 22.3 Å². The SMILES string of the molecule is CC(=O)N(Nc1cccc(N)c1)Nc1cccc(N)c1. The minimum Gasteiger partial charge on any atom is -0.399 e. The van der Waals surface area contributed by atoms with E-state index < -0.39 is 0 Å². The zero-order chi connectivity index (χ0) is 14.5. The highest BCUT2D eigenvalue weighted by Crippen LogP contribution is 2.16. The number of amides is 1. The highest BCUT2D eigenvalue weighted by Gasteiger charge is 2.09. The Bertz CT molecular complexity index is 567. The fourth-order valence-corrected chi connectivity index (χ4v) is 1.66. The maximum absolute atomic E-state index is 11.7. The molecule has 1 amide bonds. The Morgan fingerprint density at radius 2 is 1.40 bits per heavy atom. The predicted molar refractivity (Wildman–Crippen MR) is 81.5 cm³/mol. The minimum absolute atomic E-state index is 0.199. The molecule has 6 N–H and O–H groups in total. The normalized spacial score (nSPS) is 9.85. The third-order valence-corrected chi connectivity index (χ3v) is 2.57. The molecule has 0 heterocycles. The molecule has 0 bridgehead atoms. The van der Waals surface area contributed by atoms with E-state index in [0.29, 0.717) is 22.7 Å². The topological polar surface area (TPSA) is 96.4 Å². The van der Waals surface area contributed by atoms with E-state index in [1.54, 1.807) is 36.4 Å². The van der Waals surface area contributed by atoms with Gasteiger partial charge < -0.3 is 11.5 Å². The molecule has 0 atom stereocenters. The van der Waals surface area contributed by atoms with Crippen molar-refractivity contribution in [1.29, 1.82) is 0 Å². The van der Waals surface area contributed by atoms with Crippen LogP contribution in [-0.2, 0) is 4.79 Å². The highest BCUT2D eigenvalue weighted by molar-refractivity contribution is 5.77. The molecule has 0 aliphatic rings. The average molecular weight is 271 g/mol. The molecule has 2 rings (SSSR count). The quantitative estimate of drug-likeness (QED) is 0.504. The summed E-state index contributed by atoms with van der Waals surface area (Å²) in [6.07, 6.45) is 0. The minimum atomic E-state index is -0.199. The van der Waals surface area contributed by atoms with Gasteiger partial charge in [0.25, 0.3) is 5.91 Å². The van der Waals surface area contributed by atoms with Gasteiger partial charge in [0.15, 0.2) is 0 Å². The van der Waals surface area contributed by atoms with Crippen molar-refractivity contribution in [1.82, 2.24) is 5.12 Å². The Balaban J connectivity index is 2.13. The molecule has 0 saturated heterocycles. The summed E-state index contributed by atoms with van der Waals surface area (Å²) in [5.41, 5.74) is 19.9. The van der Waals surface area contributed by atoms with Gasteiger partial charge in [0.1, 0.15) is 0 Å². The third kappa shape index (κ3) is 3.55. The first-order chi connectivity index (χ1) is 9.54. The van der Waals surface area contributed by atoms with Gasteiger partial charge in [-0.25, -0.2) is 0 Å². The van der Waals surface area contributed by atoms with Gasteiger partial charge in [-0.3, -0.25) is 15.6 Å². The lowest BCUT2D eigenvalue weighted by Gasteiger charge is -2.24. The van der Waals surface area contributed by atoms with Crippen molar-refractivity contribution in [3.8, 4) is 0 Å². The van der Waals surface area contributed by atoms with Gasteiger partial charge in [0, 0.05) is 18.3 Å². The molecule has 2 aromatic rings. The van der Waals surface area contributed by atoms with Crippen LogP contribution in [0.25, 0.3) is 0 Å². The number of rotatable bonds is 4. The van der Waals surface area contributed by atoms with Gasteiger partial charge in [-0.05, 0) is 36.4 Å². The summed E-state index contributed by atoms with van der Waals surface area (Å²) in [7, 11) is 0. The van der Waals surface area contributed by atoms with Crippen LogP contribution in [0, 0.1) is 0 Å². The van der Waals surface area contributed by atoms with Crippen LogP contribution in [0.3, 0.4) is 0 Å². The van der Waals surface area contributed by atoms with Gasteiger partial charge in [-0.2, -0.15) is 5.12 Å². The van der Waals surface area contributed by atoms with Crippen LogP contribution >= 0.6 is 0 Å². The molecular weight excluding hydrogens is 254 g/mol. The number of benzene rings is 2. The molecule has 6 heteroatoms. The van der Waals surface area contributed by atoms with Crippen LogP contribution in [0.15, 0.2) is 48.5 Å². The zero-order valence-corrected chi connectivity index (χ0v) is 11.1. The molecule has 0 aliphatic heterocycles. The Hall–Kier alpha value is -2.89. The number of hydrogen-bond donors (Lipinski definition) is 4. The van der Waals surface area contributed by atoms with Crippen LogP contribution in [0.2, 0.25) is 0 Å². The molecule has 0 unspecified atom stereocenters. The van der Waals surface area contributed by atoms with Crippen molar-refractivity contribution in [3.05, 3.63) is 48.5 Å². The second-order valence-electron chi connectivity index (χ2n) is 4.33. The Kier molecular flexibility index (Phi) is 3.95. The summed E-state index contributed by atoms with van der Waals surface area (Å²) in [5.74, 6) is -0.199. The number of nitrogen functional groups attached to an aromatic ring is 2. The van der Waals surface area contributed by atoms with Crippen LogP contribution in [0.1, 0.15) is 6.92 Å². The van der Waals surface area contributed by atoms with Crippen LogP contribution in [-0.4, -0.2) is 11.0 Å². The first-order valence-corrected chi connectivity index (χ1v) is 6.10. The van der Waals surface area contributed by atoms with Crippen LogP contribution in [0.4, 0.5) is 22.7 Å². The molecule has 0 radical (unpaired) electrons. The molecule has 0 spiro atoms. The number of carbonyl (C=O) groups is 1. The summed E-state index contributed by atoms with van der Waals surface area (Å²) in [5, 5.41) is 1.27. The Morgan fingerprint density at radius 3 is 1.75 bits per heavy atom. The van der Waals surface area contributed by atoms with Crippen molar-refractivity contribution in [2.45, 2.75) is 6.92 Å². The van der Waals surface area contributed by atoms with E-state index >= 15 is 0 Å². The van der Waals surface area contributed by atoms with E-state index in [0.717, 1.165) is 0 Å². The number of hydrogen-bond acceptors (Lipinski definition) is 5. The van der Waals surface area contributed by atoms with Crippen LogP contribution < -0.4 is 22.3 Å². The van der Waals surface area contributed by atoms with Crippen molar-refractivity contribution in [2.24, 2.45) is 0 Å². The molecule has 104 valence electrons. The van der Waals surface area contributed by atoms with E-state index in [9.17, 15) is 4.79 Å². The molecule has 0 saturated carbocycles. The maximum Gasteiger partial charge on any atom is 0.257 e. The molecule has 2 aromatic carbocycles. The lowest BCUT2D eigenvalue weighted by Crippen LogP contribution is -2.39. The zero-order valence-electron chi connectivity index (χ0n) is 11.1. The monoisotopic (exact) mass is 271 g/mol. The average Bonchev–Trinajstić information content (AvgIpc) is 2.38. The highest BCUT2D eigenvalue weighted by atomic mass is 16.2. The summed E-state index contributed by atoms with van der Waals surface area (Å²) in [4.78, 5) is 11.7. The van der Waals surface area contributed by atoms with Crippen molar-refractivity contribution in [3.63, 3.8) is 0 Å². The van der Waals surface area contributed by atoms with Gasteiger partial charge in [-0.15, -0.1) is 0 Å². The Morgan fingerprint density at radius 1 is 0.950 bits per heavy atom. The fraction of sp³-hybridized carbons (Fsp3) is 0.0714. The number of carbonyl (C=O) groups excluding carboxylic acids is 1. The van der Waals surface area contributed by atoms with Crippen molar-refractivity contribution < 1.29 is 4.79 Å². The smallest absolute Gasteiger partial charge is 0.257 e. The van der Waals surface area contributed by atoms with Gasteiger partial charge in [-0.1, -0.05) is 12.1 Å². The van der Waals surface area contributed by atoms with E-state index in [-0.39, 0.29) is 5.91 Å². The second kappa shape index (κ2) is 5.83. The molecule has 20 heavy (non-hydrogen) atoms. The van der Waals surface area contributed by atoms with Crippen LogP contribution in [0.5, 0.6) is 0 Å². The molecule has 0 fully saturated rings. The number of anilines is 4. The molecule has 0 aliphatic carbocycles. The van der Waals surface area contributed by atoms with E-state index in [1.165, 1.54) is 12.0 Å². The second-order valence-corrected chi connectivity index (χ2v) is 4.33. The maximum atomic E-state index is 11.7. The first kappa shape index (κ1) is 13.5. The number of nitrogens with two attached hydrogens (primary N) is 2. The van der Waals surface area contributed by atoms with Gasteiger partial charge >= 0.3 is 0 Å². The van der Waals surface area contributed by atoms with Gasteiger partial charge in [0.05, 0.1) is 11.4 Å². The van der Waals surface area contributed by atoms with E-state index in [4.69, 9.17) is 11.5 Å².